The number of carbonyl (C=O) groups excluding carboxylic acids is 2. The molecule has 0 heterocycles. The highest BCUT2D eigenvalue weighted by molar-refractivity contribution is 5.76. The summed E-state index contributed by atoms with van der Waals surface area (Å²) < 4.78 is 5.51. The Morgan fingerprint density at radius 1 is 0.297 bits per heavy atom. The van der Waals surface area contributed by atoms with Crippen molar-refractivity contribution in [2.45, 2.75) is 495 Å². The number of unbranched alkanes of at least 4 members (excludes halogenated alkanes) is 67. The Kier molecular flexibility index (Phi) is 79.3. The lowest BCUT2D eigenvalue weighted by molar-refractivity contribution is -0.143. The maximum Gasteiger partial charge on any atom is 0.305 e. The molecule has 3 N–H and O–H groups in total. The second-order valence-electron chi connectivity index (χ2n) is 29.2. The van der Waals surface area contributed by atoms with E-state index in [-0.39, 0.29) is 18.5 Å². The molecule has 0 saturated carbocycles. The van der Waals surface area contributed by atoms with E-state index in [1.54, 1.807) is 6.08 Å². The number of carbonyl (C=O) groups is 2. The first-order valence-electron chi connectivity index (χ1n) is 42.1. The molecule has 0 aliphatic carbocycles. The van der Waals surface area contributed by atoms with Crippen molar-refractivity contribution in [2.24, 2.45) is 0 Å². The minimum Gasteiger partial charge on any atom is -0.466 e. The molecule has 1 amide bonds. The van der Waals surface area contributed by atoms with Crippen molar-refractivity contribution in [1.29, 1.82) is 0 Å². The number of amides is 1. The summed E-state index contributed by atoms with van der Waals surface area (Å²) in [6.45, 7) is 4.97. The van der Waals surface area contributed by atoms with Crippen LogP contribution in [-0.4, -0.2) is 47.4 Å². The van der Waals surface area contributed by atoms with Crippen LogP contribution in [-0.2, 0) is 14.3 Å². The summed E-state index contributed by atoms with van der Waals surface area (Å²) >= 11 is 0. The van der Waals surface area contributed by atoms with E-state index < -0.39 is 12.1 Å². The van der Waals surface area contributed by atoms with E-state index in [2.05, 4.69) is 31.3 Å². The molecule has 540 valence electrons. The van der Waals surface area contributed by atoms with Gasteiger partial charge in [0.05, 0.1) is 25.4 Å². The zero-order valence-electron chi connectivity index (χ0n) is 62.1. The Hall–Kier alpha value is -1.66. The van der Waals surface area contributed by atoms with Gasteiger partial charge in [-0.25, -0.2) is 0 Å². The van der Waals surface area contributed by atoms with Gasteiger partial charge < -0.3 is 20.3 Å². The van der Waals surface area contributed by atoms with Crippen LogP contribution >= 0.6 is 0 Å². The van der Waals surface area contributed by atoms with Crippen molar-refractivity contribution in [2.75, 3.05) is 13.2 Å². The molecule has 91 heavy (non-hydrogen) atoms. The Balaban J connectivity index is 3.35. The highest BCUT2D eigenvalue weighted by Crippen LogP contribution is 2.20. The monoisotopic (exact) mass is 1280 g/mol. The van der Waals surface area contributed by atoms with Crippen molar-refractivity contribution >= 4 is 11.9 Å². The third kappa shape index (κ3) is 77.2. The second-order valence-corrected chi connectivity index (χ2v) is 29.2. The minimum absolute atomic E-state index is 0.0253. The molecule has 2 unspecified atom stereocenters. The number of hydrogen-bond acceptors (Lipinski definition) is 5. The Labute approximate surface area is 571 Å². The number of esters is 1. The Bertz CT molecular complexity index is 1430. The lowest BCUT2D eigenvalue weighted by atomic mass is 10.0. The molecule has 0 aromatic heterocycles. The predicted octanol–water partition coefficient (Wildman–Crippen LogP) is 28.0. The van der Waals surface area contributed by atoms with E-state index >= 15 is 0 Å². The fourth-order valence-electron chi connectivity index (χ4n) is 13.6. The predicted molar refractivity (Wildman–Crippen MR) is 403 cm³/mol. The van der Waals surface area contributed by atoms with Crippen molar-refractivity contribution in [3.05, 3.63) is 24.3 Å². The molecular weight excluding hydrogens is 1110 g/mol. The van der Waals surface area contributed by atoms with Crippen LogP contribution in [0.4, 0.5) is 0 Å². The van der Waals surface area contributed by atoms with Crippen molar-refractivity contribution in [3.63, 3.8) is 0 Å². The van der Waals surface area contributed by atoms with Gasteiger partial charge in [-0.15, -0.1) is 0 Å². The summed E-state index contributed by atoms with van der Waals surface area (Å²) in [4.78, 5) is 24.6. The number of aliphatic hydroxyl groups is 2. The summed E-state index contributed by atoms with van der Waals surface area (Å²) in [6.07, 6.45) is 105. The maximum absolute atomic E-state index is 12.6. The SMILES string of the molecule is CCCCCCCCCCCCCCCCCCCCCC/C=C/C(O)C(CO)NC(=O)CCCCCCCCCCCCCCCCCCC/C=C\CCCCCCCCCCCCCCCCCCOC(=O)CCCCCCCCCCCCCCCCC. The number of aliphatic hydroxyl groups excluding tert-OH is 2. The van der Waals surface area contributed by atoms with E-state index in [1.807, 2.05) is 6.08 Å². The Morgan fingerprint density at radius 2 is 0.516 bits per heavy atom. The van der Waals surface area contributed by atoms with Crippen LogP contribution in [0, 0.1) is 0 Å². The van der Waals surface area contributed by atoms with Gasteiger partial charge >= 0.3 is 5.97 Å². The van der Waals surface area contributed by atoms with Gasteiger partial charge in [0.25, 0.3) is 0 Å². The molecule has 0 radical (unpaired) electrons. The molecule has 0 bridgehead atoms. The fourth-order valence-corrected chi connectivity index (χ4v) is 13.6. The first-order valence-corrected chi connectivity index (χ1v) is 42.1. The van der Waals surface area contributed by atoms with Gasteiger partial charge in [-0.1, -0.05) is 436 Å². The first kappa shape index (κ1) is 89.3. The van der Waals surface area contributed by atoms with Crippen molar-refractivity contribution in [3.8, 4) is 0 Å². The summed E-state index contributed by atoms with van der Waals surface area (Å²) in [5, 5.41) is 23.3. The lowest BCUT2D eigenvalue weighted by Crippen LogP contribution is -2.45. The average molecular weight is 1280 g/mol. The molecule has 0 spiro atoms. The van der Waals surface area contributed by atoms with Crippen LogP contribution in [0.2, 0.25) is 0 Å². The topological polar surface area (TPSA) is 95.9 Å². The lowest BCUT2D eigenvalue weighted by Gasteiger charge is -2.20. The van der Waals surface area contributed by atoms with Crippen LogP contribution in [0.15, 0.2) is 24.3 Å². The molecule has 6 nitrogen and oxygen atoms in total. The standard InChI is InChI=1S/C85H165NO5/c1-3-5-7-9-11-13-15-17-19-20-21-22-40-43-46-50-53-57-61-65-69-73-77-83(88)82(81-87)86-84(89)78-74-70-66-62-58-54-51-47-44-41-38-36-34-32-30-28-26-24-23-25-27-29-31-33-35-37-39-42-45-48-52-56-60-64-68-72-76-80-91-85(90)79-75-71-67-63-59-55-49-18-16-14-12-10-8-6-4-2/h23,25,73,77,82-83,87-88H,3-22,24,26-72,74-76,78-81H2,1-2H3,(H,86,89)/b25-23-,77-73+. The molecule has 2 atom stereocenters. The highest BCUT2D eigenvalue weighted by atomic mass is 16.5. The highest BCUT2D eigenvalue weighted by Gasteiger charge is 2.18. The first-order chi connectivity index (χ1) is 45.0. The van der Waals surface area contributed by atoms with E-state index in [9.17, 15) is 19.8 Å². The van der Waals surface area contributed by atoms with E-state index in [0.29, 0.717) is 19.4 Å². The van der Waals surface area contributed by atoms with Gasteiger partial charge in [-0.3, -0.25) is 9.59 Å². The zero-order chi connectivity index (χ0) is 65.6. The molecular formula is C85H165NO5. The van der Waals surface area contributed by atoms with Gasteiger partial charge in [-0.05, 0) is 57.8 Å². The summed E-state index contributed by atoms with van der Waals surface area (Å²) in [5.41, 5.74) is 0. The molecule has 0 aromatic carbocycles. The second kappa shape index (κ2) is 80.8. The third-order valence-electron chi connectivity index (χ3n) is 20.0. The normalized spacial score (nSPS) is 12.5. The van der Waals surface area contributed by atoms with Crippen LogP contribution in [0.3, 0.4) is 0 Å². The van der Waals surface area contributed by atoms with Gasteiger partial charge in [0, 0.05) is 12.8 Å². The van der Waals surface area contributed by atoms with Crippen LogP contribution in [0.25, 0.3) is 0 Å². The minimum atomic E-state index is -0.843. The number of hydrogen-bond donors (Lipinski definition) is 3. The quantitative estimate of drug-likeness (QED) is 0.0320. The van der Waals surface area contributed by atoms with Gasteiger partial charge in [-0.2, -0.15) is 0 Å². The number of rotatable bonds is 80. The molecule has 0 aliphatic heterocycles. The largest absolute Gasteiger partial charge is 0.466 e. The van der Waals surface area contributed by atoms with Crippen molar-refractivity contribution < 1.29 is 24.5 Å². The zero-order valence-corrected chi connectivity index (χ0v) is 62.1. The van der Waals surface area contributed by atoms with E-state index in [4.69, 9.17) is 4.74 Å². The van der Waals surface area contributed by atoms with Crippen molar-refractivity contribution in [1.82, 2.24) is 5.32 Å². The number of allylic oxidation sites excluding steroid dienone is 3. The summed E-state index contributed by atoms with van der Waals surface area (Å²) in [7, 11) is 0. The van der Waals surface area contributed by atoms with Crippen LogP contribution in [0.1, 0.15) is 483 Å². The van der Waals surface area contributed by atoms with Crippen LogP contribution in [0.5, 0.6) is 0 Å². The smallest absolute Gasteiger partial charge is 0.305 e. The molecule has 0 rings (SSSR count). The molecule has 0 fully saturated rings. The van der Waals surface area contributed by atoms with Gasteiger partial charge in [0.1, 0.15) is 0 Å². The third-order valence-corrected chi connectivity index (χ3v) is 20.0. The van der Waals surface area contributed by atoms with E-state index in [1.165, 1.54) is 417 Å². The number of nitrogens with one attached hydrogen (secondary N) is 1. The molecule has 0 aromatic rings. The summed E-state index contributed by atoms with van der Waals surface area (Å²) in [6, 6.07) is -0.626. The maximum atomic E-state index is 12.6. The molecule has 0 saturated heterocycles. The molecule has 6 heteroatoms. The van der Waals surface area contributed by atoms with Gasteiger partial charge in [0.2, 0.25) is 5.91 Å². The number of ether oxygens (including phenoxy) is 1. The molecule has 0 aliphatic rings. The fraction of sp³-hybridized carbons (Fsp3) is 0.929. The Morgan fingerprint density at radius 3 is 0.780 bits per heavy atom. The van der Waals surface area contributed by atoms with Crippen LogP contribution < -0.4 is 5.32 Å². The van der Waals surface area contributed by atoms with Gasteiger partial charge in [0.15, 0.2) is 0 Å². The average Bonchev–Trinajstić information content (AvgIpc) is 3.67. The summed E-state index contributed by atoms with van der Waals surface area (Å²) in [5.74, 6) is -0.0334. The van der Waals surface area contributed by atoms with E-state index in [0.717, 1.165) is 38.5 Å².